The van der Waals surface area contributed by atoms with E-state index in [0.717, 1.165) is 5.56 Å². The summed E-state index contributed by atoms with van der Waals surface area (Å²) in [6.45, 7) is 0.161. The smallest absolute Gasteiger partial charge is 0.497 e. The molecule has 0 amide bonds. The average molecular weight is 497 g/mol. The number of para-hydroxylation sites is 2. The lowest BCUT2D eigenvalue weighted by molar-refractivity contribution is -0.274. The van der Waals surface area contributed by atoms with Crippen molar-refractivity contribution in [1.29, 1.82) is 0 Å². The number of rotatable bonds is 6. The van der Waals surface area contributed by atoms with Gasteiger partial charge in [0, 0.05) is 11.6 Å². The van der Waals surface area contributed by atoms with Crippen LogP contribution in [-0.4, -0.2) is 26.5 Å². The molecule has 0 unspecified atom stereocenters. The number of guanidine groups is 1. The molecule has 10 heteroatoms. The third-order valence-corrected chi connectivity index (χ3v) is 3.29. The van der Waals surface area contributed by atoms with Crippen LogP contribution < -0.4 is 25.3 Å². The van der Waals surface area contributed by atoms with E-state index in [1.54, 1.807) is 24.3 Å². The Morgan fingerprint density at radius 2 is 1.78 bits per heavy atom. The van der Waals surface area contributed by atoms with Gasteiger partial charge in [-0.05, 0) is 24.3 Å². The van der Waals surface area contributed by atoms with Crippen molar-refractivity contribution in [3.05, 3.63) is 48.0 Å². The number of anilines is 1. The van der Waals surface area contributed by atoms with Crippen LogP contribution in [0.2, 0.25) is 0 Å². The van der Waals surface area contributed by atoms with E-state index < -0.39 is 12.1 Å². The molecule has 0 saturated carbocycles. The molecule has 0 aliphatic carbocycles. The lowest BCUT2D eigenvalue weighted by Gasteiger charge is -2.14. The SMILES string of the molecule is COc1ccc(CN=C(N)Nc2ccccc2OC(F)(F)F)c(OC)c1.I. The molecule has 27 heavy (non-hydrogen) atoms. The fourth-order valence-corrected chi connectivity index (χ4v) is 2.11. The zero-order valence-electron chi connectivity index (χ0n) is 14.5. The van der Waals surface area contributed by atoms with Crippen molar-refractivity contribution >= 4 is 35.6 Å². The van der Waals surface area contributed by atoms with Gasteiger partial charge in [-0.25, -0.2) is 4.99 Å². The van der Waals surface area contributed by atoms with E-state index in [-0.39, 0.29) is 42.2 Å². The zero-order valence-corrected chi connectivity index (χ0v) is 16.9. The van der Waals surface area contributed by atoms with Crippen LogP contribution >= 0.6 is 24.0 Å². The number of benzene rings is 2. The summed E-state index contributed by atoms with van der Waals surface area (Å²) in [7, 11) is 3.04. The second-order valence-corrected chi connectivity index (χ2v) is 5.05. The van der Waals surface area contributed by atoms with Gasteiger partial charge in [0.1, 0.15) is 11.5 Å². The molecule has 2 aromatic rings. The quantitative estimate of drug-likeness (QED) is 0.357. The van der Waals surface area contributed by atoms with Crippen molar-refractivity contribution in [3.8, 4) is 17.2 Å². The molecule has 0 aliphatic heterocycles. The van der Waals surface area contributed by atoms with Gasteiger partial charge in [-0.3, -0.25) is 0 Å². The zero-order chi connectivity index (χ0) is 19.2. The molecule has 148 valence electrons. The molecule has 6 nitrogen and oxygen atoms in total. The van der Waals surface area contributed by atoms with Gasteiger partial charge in [-0.2, -0.15) is 0 Å². The van der Waals surface area contributed by atoms with Crippen molar-refractivity contribution in [1.82, 2.24) is 0 Å². The van der Waals surface area contributed by atoms with Gasteiger partial charge in [0.25, 0.3) is 0 Å². The minimum atomic E-state index is -4.81. The maximum absolute atomic E-state index is 12.4. The molecular formula is C17H19F3IN3O3. The highest BCUT2D eigenvalue weighted by molar-refractivity contribution is 14.0. The minimum absolute atomic E-state index is 0. The van der Waals surface area contributed by atoms with Crippen LogP contribution in [-0.2, 0) is 6.54 Å². The van der Waals surface area contributed by atoms with Gasteiger partial charge in [-0.1, -0.05) is 12.1 Å². The third kappa shape index (κ3) is 7.04. The van der Waals surface area contributed by atoms with E-state index in [4.69, 9.17) is 15.2 Å². The van der Waals surface area contributed by atoms with Crippen LogP contribution in [0.5, 0.6) is 17.2 Å². The number of alkyl halides is 3. The van der Waals surface area contributed by atoms with Crippen molar-refractivity contribution < 1.29 is 27.4 Å². The van der Waals surface area contributed by atoms with Crippen LogP contribution in [0.4, 0.5) is 18.9 Å². The van der Waals surface area contributed by atoms with Crippen LogP contribution in [0.1, 0.15) is 5.56 Å². The molecule has 0 saturated heterocycles. The first-order chi connectivity index (χ1) is 12.3. The van der Waals surface area contributed by atoms with E-state index in [1.165, 1.54) is 32.4 Å². The Kier molecular flexibility index (Phi) is 8.47. The fraction of sp³-hybridized carbons (Fsp3) is 0.235. The Hall–Kier alpha value is -2.37. The first-order valence-electron chi connectivity index (χ1n) is 7.45. The van der Waals surface area contributed by atoms with E-state index >= 15 is 0 Å². The average Bonchev–Trinajstić information content (AvgIpc) is 2.60. The molecule has 0 fully saturated rings. The van der Waals surface area contributed by atoms with Crippen molar-refractivity contribution in [3.63, 3.8) is 0 Å². The summed E-state index contributed by atoms with van der Waals surface area (Å²) in [5.41, 5.74) is 6.55. The Morgan fingerprint density at radius 3 is 2.41 bits per heavy atom. The van der Waals surface area contributed by atoms with Gasteiger partial charge >= 0.3 is 6.36 Å². The maximum Gasteiger partial charge on any atom is 0.573 e. The largest absolute Gasteiger partial charge is 0.573 e. The maximum atomic E-state index is 12.4. The first kappa shape index (κ1) is 22.7. The number of nitrogens with one attached hydrogen (secondary N) is 1. The third-order valence-electron chi connectivity index (χ3n) is 3.29. The molecule has 2 rings (SSSR count). The van der Waals surface area contributed by atoms with Crippen LogP contribution in [0.15, 0.2) is 47.5 Å². The minimum Gasteiger partial charge on any atom is -0.497 e. The number of hydrogen-bond acceptors (Lipinski definition) is 4. The predicted octanol–water partition coefficient (Wildman–Crippen LogP) is 4.15. The van der Waals surface area contributed by atoms with Crippen LogP contribution in [0, 0.1) is 0 Å². The molecule has 0 atom stereocenters. The van der Waals surface area contributed by atoms with Gasteiger partial charge in [0.05, 0.1) is 26.5 Å². The second kappa shape index (κ2) is 10.1. The summed E-state index contributed by atoms with van der Waals surface area (Å²) in [6, 6.07) is 10.7. The Bertz CT molecular complexity index is 786. The summed E-state index contributed by atoms with van der Waals surface area (Å²) in [5.74, 6) is 0.710. The van der Waals surface area contributed by atoms with Gasteiger partial charge in [0.2, 0.25) is 0 Å². The molecule has 0 spiro atoms. The van der Waals surface area contributed by atoms with E-state index in [2.05, 4.69) is 15.0 Å². The normalized spacial score (nSPS) is 11.4. The van der Waals surface area contributed by atoms with Gasteiger partial charge in [-0.15, -0.1) is 37.1 Å². The topological polar surface area (TPSA) is 78.1 Å². The Morgan fingerprint density at radius 1 is 1.07 bits per heavy atom. The summed E-state index contributed by atoms with van der Waals surface area (Å²) in [5, 5.41) is 2.60. The molecule has 0 heterocycles. The molecule has 2 aromatic carbocycles. The lowest BCUT2D eigenvalue weighted by Crippen LogP contribution is -2.24. The van der Waals surface area contributed by atoms with Crippen LogP contribution in [0.25, 0.3) is 0 Å². The summed E-state index contributed by atoms with van der Waals surface area (Å²) in [6.07, 6.45) is -4.81. The standard InChI is InChI=1S/C17H18F3N3O3.HI/c1-24-12-8-7-11(15(9-12)25-2)10-22-16(21)23-13-5-3-4-6-14(13)26-17(18,19)20;/h3-9H,10H2,1-2H3,(H3,21,22,23);1H. The number of hydrogen-bond donors (Lipinski definition) is 2. The van der Waals surface area contributed by atoms with Crippen molar-refractivity contribution in [2.45, 2.75) is 12.9 Å². The number of ether oxygens (including phenoxy) is 3. The van der Waals surface area contributed by atoms with Crippen LogP contribution in [0.3, 0.4) is 0 Å². The lowest BCUT2D eigenvalue weighted by atomic mass is 10.2. The molecule has 0 aromatic heterocycles. The number of nitrogens with zero attached hydrogens (tertiary/aromatic N) is 1. The van der Waals surface area contributed by atoms with E-state index in [0.29, 0.717) is 11.5 Å². The first-order valence-corrected chi connectivity index (χ1v) is 7.45. The Labute approximate surface area is 171 Å². The van der Waals surface area contributed by atoms with Crippen molar-refractivity contribution in [2.24, 2.45) is 10.7 Å². The number of nitrogens with two attached hydrogens (primary N) is 1. The highest BCUT2D eigenvalue weighted by atomic mass is 127. The van der Waals surface area contributed by atoms with Gasteiger partial charge < -0.3 is 25.3 Å². The number of halogens is 4. The monoisotopic (exact) mass is 497 g/mol. The second-order valence-electron chi connectivity index (χ2n) is 5.05. The molecule has 0 bridgehead atoms. The Balaban J connectivity index is 0.00000364. The summed E-state index contributed by atoms with van der Waals surface area (Å²) in [4.78, 5) is 4.12. The van der Waals surface area contributed by atoms with Gasteiger partial charge in [0.15, 0.2) is 11.7 Å². The highest BCUT2D eigenvalue weighted by Gasteiger charge is 2.32. The summed E-state index contributed by atoms with van der Waals surface area (Å²) < 4.78 is 51.6. The van der Waals surface area contributed by atoms with E-state index in [1.807, 2.05) is 0 Å². The highest BCUT2D eigenvalue weighted by Crippen LogP contribution is 2.30. The van der Waals surface area contributed by atoms with E-state index in [9.17, 15) is 13.2 Å². The number of aliphatic imine (C=N–C) groups is 1. The molecular weight excluding hydrogens is 478 g/mol. The predicted molar refractivity (Wildman–Crippen MR) is 107 cm³/mol. The molecule has 0 aliphatic rings. The summed E-state index contributed by atoms with van der Waals surface area (Å²) >= 11 is 0. The molecule has 0 radical (unpaired) electrons. The fourth-order valence-electron chi connectivity index (χ4n) is 2.11. The number of methoxy groups -OCH3 is 2. The van der Waals surface area contributed by atoms with Crippen molar-refractivity contribution in [2.75, 3.05) is 19.5 Å². The molecule has 3 N–H and O–H groups in total.